The van der Waals surface area contributed by atoms with E-state index in [9.17, 15) is 19.9 Å². The quantitative estimate of drug-likeness (QED) is 0.0554. The van der Waals surface area contributed by atoms with Gasteiger partial charge in [-0.2, -0.15) is 0 Å². The van der Waals surface area contributed by atoms with E-state index in [4.69, 9.17) is 47.4 Å². The Morgan fingerprint density at radius 1 is 0.625 bits per heavy atom. The van der Waals surface area contributed by atoms with Crippen LogP contribution in [0.15, 0.2) is 96.1 Å². The molecule has 16 heteroatoms. The number of carbonyl (C=O) groups excluding carboxylic acids is 3. The van der Waals surface area contributed by atoms with Crippen molar-refractivity contribution in [2.24, 2.45) is 5.11 Å². The molecule has 2 heterocycles. The minimum absolute atomic E-state index is 0.0325. The van der Waals surface area contributed by atoms with Gasteiger partial charge in [0.2, 0.25) is 0 Å². The molecule has 10 atom stereocenters. The minimum Gasteiger partial charge on any atom is -0.463 e. The summed E-state index contributed by atoms with van der Waals surface area (Å²) in [6.07, 6.45) is -10.4. The van der Waals surface area contributed by atoms with Crippen molar-refractivity contribution in [3.8, 4) is 0 Å². The highest BCUT2D eigenvalue weighted by Gasteiger charge is 2.55. The lowest BCUT2D eigenvalue weighted by Gasteiger charge is -2.49. The van der Waals surface area contributed by atoms with Gasteiger partial charge in [-0.05, 0) is 22.2 Å². The largest absolute Gasteiger partial charge is 0.463 e. The number of methoxy groups -OCH3 is 1. The normalized spacial score (nSPS) is 27.4. The Morgan fingerprint density at radius 3 is 1.64 bits per heavy atom. The molecular weight excluding hydrogens is 730 g/mol. The summed E-state index contributed by atoms with van der Waals surface area (Å²) < 4.78 is 61.2. The Morgan fingerprint density at radius 2 is 1.12 bits per heavy atom. The van der Waals surface area contributed by atoms with E-state index in [0.717, 1.165) is 30.5 Å². The molecule has 0 spiro atoms. The number of hydrogen-bond donors (Lipinski definition) is 0. The van der Waals surface area contributed by atoms with Gasteiger partial charge in [-0.1, -0.05) is 96.1 Å². The second-order valence-electron chi connectivity index (χ2n) is 13.1. The van der Waals surface area contributed by atoms with Crippen LogP contribution in [0, 0.1) is 0 Å². The lowest BCUT2D eigenvalue weighted by Crippen LogP contribution is -2.66. The molecule has 300 valence electrons. The third-order valence-electron chi connectivity index (χ3n) is 8.93. The number of ether oxygens (including phenoxy) is 10. The number of nitrogens with zero attached hydrogens (tertiary/aromatic N) is 3. The van der Waals surface area contributed by atoms with Gasteiger partial charge in [0.1, 0.15) is 43.2 Å². The van der Waals surface area contributed by atoms with Crippen LogP contribution in [-0.2, 0) is 81.6 Å². The predicted molar refractivity (Wildman–Crippen MR) is 196 cm³/mol. The van der Waals surface area contributed by atoms with Crippen LogP contribution in [-0.4, -0.2) is 99.6 Å². The van der Waals surface area contributed by atoms with Gasteiger partial charge in [0.15, 0.2) is 24.8 Å². The highest BCUT2D eigenvalue weighted by atomic mass is 16.8. The monoisotopic (exact) mass is 777 g/mol. The average molecular weight is 778 g/mol. The van der Waals surface area contributed by atoms with Gasteiger partial charge in [-0.25, -0.2) is 0 Å². The first-order chi connectivity index (χ1) is 27.2. The van der Waals surface area contributed by atoms with Gasteiger partial charge >= 0.3 is 17.9 Å². The number of hydrogen-bond acceptors (Lipinski definition) is 14. The van der Waals surface area contributed by atoms with E-state index in [-0.39, 0.29) is 26.4 Å². The third kappa shape index (κ3) is 12.0. The molecule has 2 aliphatic rings. The van der Waals surface area contributed by atoms with Crippen LogP contribution in [0.2, 0.25) is 0 Å². The van der Waals surface area contributed by atoms with E-state index in [0.29, 0.717) is 0 Å². The highest BCUT2D eigenvalue weighted by molar-refractivity contribution is 5.68. The molecule has 2 fully saturated rings. The first-order valence-electron chi connectivity index (χ1n) is 18.1. The average Bonchev–Trinajstić information content (AvgIpc) is 3.19. The van der Waals surface area contributed by atoms with E-state index in [1.54, 1.807) is 0 Å². The maximum Gasteiger partial charge on any atom is 0.303 e. The molecule has 3 aromatic carbocycles. The smallest absolute Gasteiger partial charge is 0.303 e. The van der Waals surface area contributed by atoms with Crippen LogP contribution in [0.5, 0.6) is 0 Å². The van der Waals surface area contributed by atoms with Gasteiger partial charge < -0.3 is 47.4 Å². The second kappa shape index (κ2) is 21.4. The lowest BCUT2D eigenvalue weighted by atomic mass is 9.95. The Hall–Kier alpha value is -4.90. The van der Waals surface area contributed by atoms with Crippen molar-refractivity contribution in [1.29, 1.82) is 0 Å². The molecule has 3 aromatic rings. The molecule has 2 aliphatic heterocycles. The number of carbonyl (C=O) groups is 3. The third-order valence-corrected chi connectivity index (χ3v) is 8.93. The van der Waals surface area contributed by atoms with E-state index in [1.807, 2.05) is 91.0 Å². The van der Waals surface area contributed by atoms with Gasteiger partial charge in [-0.15, -0.1) is 0 Å². The summed E-state index contributed by atoms with van der Waals surface area (Å²) in [7, 11) is 1.49. The Labute approximate surface area is 324 Å². The summed E-state index contributed by atoms with van der Waals surface area (Å²) in [5.41, 5.74) is 12.4. The maximum atomic E-state index is 12.5. The van der Waals surface area contributed by atoms with Gasteiger partial charge in [0.05, 0.1) is 26.4 Å². The van der Waals surface area contributed by atoms with Gasteiger partial charge in [0.25, 0.3) is 0 Å². The SMILES string of the molecule is CO[C@H]1O[C@H](COCc2ccccc2)[C@@H](O[C@H]2O[C@H](COC(C)=O)[C@@H](OC(C)=O)[C@H](OC(C)=O)[C@H]2N=[N+]=[N-])[C@H](OCc2ccccc2)[C@H]1OCc1ccccc1. The fourth-order valence-corrected chi connectivity index (χ4v) is 6.47. The topological polar surface area (TPSA) is 192 Å². The summed E-state index contributed by atoms with van der Waals surface area (Å²) in [5, 5.41) is 3.91. The Bertz CT molecular complexity index is 1730. The standard InChI is InChI=1S/C40H47N3O13/c1-25(44)49-24-32-34(52-26(2)45)36(53-27(3)46)33(42-43-41)39(54-32)56-35-31(23-48-20-28-14-8-5-9-15-28)55-40(47-4)38(51-22-30-18-12-7-13-19-30)37(35)50-21-29-16-10-6-11-17-29/h5-19,31-40H,20-24H2,1-4H3/t31-,32-,33-,34-,35-,36-,37+,38-,39-,40+/m1/s1. The molecule has 0 radical (unpaired) electrons. The molecule has 0 N–H and O–H groups in total. The fraction of sp³-hybridized carbons (Fsp3) is 0.475. The Kier molecular flexibility index (Phi) is 16.2. The maximum absolute atomic E-state index is 12.5. The summed E-state index contributed by atoms with van der Waals surface area (Å²) in [5.74, 6) is -2.17. The van der Waals surface area contributed by atoms with Crippen molar-refractivity contribution in [1.82, 2.24) is 0 Å². The van der Waals surface area contributed by atoms with Crippen LogP contribution in [0.4, 0.5) is 0 Å². The van der Waals surface area contributed by atoms with Crippen LogP contribution in [0.3, 0.4) is 0 Å². The van der Waals surface area contributed by atoms with Gasteiger partial charge in [0, 0.05) is 32.8 Å². The predicted octanol–water partition coefficient (Wildman–Crippen LogP) is 4.96. The molecule has 56 heavy (non-hydrogen) atoms. The van der Waals surface area contributed by atoms with E-state index >= 15 is 0 Å². The molecule has 0 aliphatic carbocycles. The lowest BCUT2D eigenvalue weighted by molar-refractivity contribution is -0.355. The zero-order chi connectivity index (χ0) is 39.9. The molecule has 0 aromatic heterocycles. The zero-order valence-corrected chi connectivity index (χ0v) is 31.6. The van der Waals surface area contributed by atoms with E-state index in [2.05, 4.69) is 10.0 Å². The summed E-state index contributed by atoms with van der Waals surface area (Å²) in [6, 6.07) is 27.1. The van der Waals surface area contributed by atoms with Crippen molar-refractivity contribution in [3.05, 3.63) is 118 Å². The van der Waals surface area contributed by atoms with Crippen molar-refractivity contribution < 1.29 is 61.8 Å². The molecule has 0 bridgehead atoms. The summed E-state index contributed by atoms with van der Waals surface area (Å²) in [6.45, 7) is 3.54. The highest BCUT2D eigenvalue weighted by Crippen LogP contribution is 2.36. The summed E-state index contributed by atoms with van der Waals surface area (Å²) >= 11 is 0. The first-order valence-corrected chi connectivity index (χ1v) is 18.1. The van der Waals surface area contributed by atoms with Crippen molar-refractivity contribution in [2.75, 3.05) is 20.3 Å². The Balaban J connectivity index is 1.55. The summed E-state index contributed by atoms with van der Waals surface area (Å²) in [4.78, 5) is 39.7. The van der Waals surface area contributed by atoms with Crippen LogP contribution >= 0.6 is 0 Å². The number of azide groups is 1. The van der Waals surface area contributed by atoms with Crippen molar-refractivity contribution >= 4 is 17.9 Å². The van der Waals surface area contributed by atoms with Crippen molar-refractivity contribution in [2.45, 2.75) is 102 Å². The van der Waals surface area contributed by atoms with Crippen LogP contribution in [0.25, 0.3) is 10.4 Å². The molecule has 0 unspecified atom stereocenters. The minimum atomic E-state index is -1.51. The van der Waals surface area contributed by atoms with Crippen LogP contribution in [0.1, 0.15) is 37.5 Å². The fourth-order valence-electron chi connectivity index (χ4n) is 6.47. The zero-order valence-electron chi connectivity index (χ0n) is 31.6. The number of esters is 3. The van der Waals surface area contributed by atoms with E-state index < -0.39 is 85.9 Å². The first kappa shape index (κ1) is 42.2. The molecule has 0 saturated carbocycles. The molecule has 2 saturated heterocycles. The van der Waals surface area contributed by atoms with E-state index in [1.165, 1.54) is 14.0 Å². The number of benzene rings is 3. The number of rotatable bonds is 18. The van der Waals surface area contributed by atoms with Gasteiger partial charge in [-0.3, -0.25) is 14.4 Å². The molecular formula is C40H47N3O13. The van der Waals surface area contributed by atoms with Crippen LogP contribution < -0.4 is 0 Å². The van der Waals surface area contributed by atoms with Crippen molar-refractivity contribution in [3.63, 3.8) is 0 Å². The second-order valence-corrected chi connectivity index (χ2v) is 13.1. The molecule has 5 rings (SSSR count). The molecule has 16 nitrogen and oxygen atoms in total. The molecule has 0 amide bonds.